The Labute approximate surface area is 184 Å². The number of allylic oxidation sites excluding steroid dienone is 1. The van der Waals surface area contributed by atoms with E-state index in [0.29, 0.717) is 22.6 Å². The summed E-state index contributed by atoms with van der Waals surface area (Å²) < 4.78 is 18.6. The molecule has 0 unspecified atom stereocenters. The molecule has 0 amide bonds. The normalized spacial score (nSPS) is 13.8. The summed E-state index contributed by atoms with van der Waals surface area (Å²) in [6.45, 7) is 0. The quantitative estimate of drug-likeness (QED) is 0.261. The molecule has 6 heteroatoms. The Kier molecular flexibility index (Phi) is 4.75. The van der Waals surface area contributed by atoms with Crippen molar-refractivity contribution in [1.29, 1.82) is 0 Å². The van der Waals surface area contributed by atoms with Gasteiger partial charge in [-0.2, -0.15) is 0 Å². The van der Waals surface area contributed by atoms with Gasteiger partial charge in [0.15, 0.2) is 5.76 Å². The second kappa shape index (κ2) is 7.74. The van der Waals surface area contributed by atoms with Gasteiger partial charge in [0.25, 0.3) is 0 Å². The number of hydrogen-bond acceptors (Lipinski definition) is 5. The summed E-state index contributed by atoms with van der Waals surface area (Å²) in [6.07, 6.45) is 3.66. The Balaban J connectivity index is 1.44. The summed E-state index contributed by atoms with van der Waals surface area (Å²) >= 11 is 0. The summed E-state index contributed by atoms with van der Waals surface area (Å²) in [4.78, 5) is 25.2. The fourth-order valence-corrected chi connectivity index (χ4v) is 3.76. The molecule has 0 N–H and O–H groups in total. The van der Waals surface area contributed by atoms with Gasteiger partial charge in [-0.1, -0.05) is 18.2 Å². The van der Waals surface area contributed by atoms with Gasteiger partial charge in [-0.15, -0.1) is 0 Å². The number of nitrogens with zero attached hydrogens (tertiary/aromatic N) is 1. The molecule has 0 spiro atoms. The summed E-state index contributed by atoms with van der Waals surface area (Å²) in [7, 11) is 3.56. The van der Waals surface area contributed by atoms with Crippen LogP contribution in [0.5, 0.6) is 17.2 Å². The number of Topliss-reactive ketones (excluding diaryl/α,β-unsaturated/α-hetero) is 1. The number of ether oxygens (including phenoxy) is 3. The average molecular weight is 425 g/mol. The Morgan fingerprint density at radius 2 is 1.78 bits per heavy atom. The number of methoxy groups -OCH3 is 1. The van der Waals surface area contributed by atoms with Gasteiger partial charge < -0.3 is 18.8 Å². The third-order valence-corrected chi connectivity index (χ3v) is 5.38. The third kappa shape index (κ3) is 3.41. The van der Waals surface area contributed by atoms with Crippen LogP contribution >= 0.6 is 0 Å². The highest BCUT2D eigenvalue weighted by Gasteiger charge is 2.28. The van der Waals surface area contributed by atoms with Crippen LogP contribution in [-0.4, -0.2) is 23.4 Å². The van der Waals surface area contributed by atoms with E-state index >= 15 is 0 Å². The van der Waals surface area contributed by atoms with E-state index < -0.39 is 5.97 Å². The maximum Gasteiger partial charge on any atom is 0.343 e. The maximum absolute atomic E-state index is 12.9. The largest absolute Gasteiger partial charge is 0.497 e. The van der Waals surface area contributed by atoms with Gasteiger partial charge in [-0.25, -0.2) is 4.79 Å². The number of benzene rings is 3. The highest BCUT2D eigenvalue weighted by Crippen LogP contribution is 2.36. The van der Waals surface area contributed by atoms with Gasteiger partial charge >= 0.3 is 5.97 Å². The molecule has 6 nitrogen and oxygen atoms in total. The average Bonchev–Trinajstić information content (AvgIpc) is 3.29. The fourth-order valence-electron chi connectivity index (χ4n) is 3.76. The summed E-state index contributed by atoms with van der Waals surface area (Å²) in [5.74, 6) is 0.909. The number of aryl methyl sites for hydroxylation is 1. The molecule has 2 heterocycles. The number of carbonyl (C=O) groups is 2. The molecule has 0 saturated heterocycles. The molecular formula is C26H19NO5. The number of rotatable bonds is 4. The van der Waals surface area contributed by atoms with E-state index in [1.54, 1.807) is 55.7 Å². The van der Waals surface area contributed by atoms with Crippen molar-refractivity contribution in [1.82, 2.24) is 4.57 Å². The maximum atomic E-state index is 12.9. The first kappa shape index (κ1) is 19.6. The second-order valence-corrected chi connectivity index (χ2v) is 7.43. The van der Waals surface area contributed by atoms with E-state index in [1.165, 1.54) is 0 Å². The number of fused-ring (bicyclic) bond motifs is 2. The number of carbonyl (C=O) groups excluding carboxylic acids is 2. The van der Waals surface area contributed by atoms with Crippen molar-refractivity contribution in [2.75, 3.05) is 7.11 Å². The van der Waals surface area contributed by atoms with Gasteiger partial charge in [0, 0.05) is 35.8 Å². The van der Waals surface area contributed by atoms with Crippen molar-refractivity contribution in [3.05, 3.63) is 95.4 Å². The third-order valence-electron chi connectivity index (χ3n) is 5.38. The minimum absolute atomic E-state index is 0.210. The van der Waals surface area contributed by atoms with Gasteiger partial charge in [0.2, 0.25) is 5.78 Å². The monoisotopic (exact) mass is 425 g/mol. The van der Waals surface area contributed by atoms with E-state index in [9.17, 15) is 9.59 Å². The SMILES string of the molecule is COc1ccc2c(c1)c(C=C1Oc3cc(OC(=O)c4ccccc4)ccc3C1=O)cn2C. The molecule has 0 atom stereocenters. The highest BCUT2D eigenvalue weighted by molar-refractivity contribution is 6.15. The molecule has 1 aliphatic heterocycles. The van der Waals surface area contributed by atoms with Crippen molar-refractivity contribution in [2.45, 2.75) is 0 Å². The molecular weight excluding hydrogens is 406 g/mol. The smallest absolute Gasteiger partial charge is 0.343 e. The summed E-state index contributed by atoms with van der Waals surface area (Å²) in [5, 5.41) is 0.948. The topological polar surface area (TPSA) is 66.8 Å². The molecule has 1 aliphatic rings. The number of aromatic nitrogens is 1. The van der Waals surface area contributed by atoms with E-state index in [4.69, 9.17) is 14.2 Å². The van der Waals surface area contributed by atoms with Crippen LogP contribution in [0.2, 0.25) is 0 Å². The van der Waals surface area contributed by atoms with Crippen LogP contribution < -0.4 is 14.2 Å². The van der Waals surface area contributed by atoms with E-state index in [-0.39, 0.29) is 11.5 Å². The minimum atomic E-state index is -0.477. The van der Waals surface area contributed by atoms with Crippen LogP contribution in [0.3, 0.4) is 0 Å². The zero-order chi connectivity index (χ0) is 22.2. The molecule has 3 aromatic carbocycles. The Hall–Kier alpha value is -4.32. The molecule has 0 bridgehead atoms. The van der Waals surface area contributed by atoms with Crippen molar-refractivity contribution in [3.63, 3.8) is 0 Å². The van der Waals surface area contributed by atoms with Crippen LogP contribution in [-0.2, 0) is 7.05 Å². The molecule has 0 fully saturated rings. The number of ketones is 1. The molecule has 32 heavy (non-hydrogen) atoms. The van der Waals surface area contributed by atoms with E-state index in [2.05, 4.69) is 0 Å². The fraction of sp³-hybridized carbons (Fsp3) is 0.0769. The Bertz CT molecular complexity index is 1400. The Morgan fingerprint density at radius 3 is 2.56 bits per heavy atom. The molecule has 0 saturated carbocycles. The molecule has 5 rings (SSSR count). The zero-order valence-electron chi connectivity index (χ0n) is 17.5. The van der Waals surface area contributed by atoms with Crippen molar-refractivity contribution in [3.8, 4) is 17.2 Å². The van der Waals surface area contributed by atoms with Crippen LogP contribution in [0.25, 0.3) is 17.0 Å². The van der Waals surface area contributed by atoms with E-state index in [0.717, 1.165) is 22.2 Å². The van der Waals surface area contributed by atoms with E-state index in [1.807, 2.05) is 42.1 Å². The van der Waals surface area contributed by atoms with Crippen molar-refractivity contribution in [2.24, 2.45) is 7.05 Å². The van der Waals surface area contributed by atoms with Crippen LogP contribution in [0.4, 0.5) is 0 Å². The van der Waals surface area contributed by atoms with Crippen LogP contribution in [0.1, 0.15) is 26.3 Å². The van der Waals surface area contributed by atoms with Gasteiger partial charge in [-0.3, -0.25) is 4.79 Å². The minimum Gasteiger partial charge on any atom is -0.497 e. The lowest BCUT2D eigenvalue weighted by Crippen LogP contribution is -2.08. The molecule has 1 aromatic heterocycles. The van der Waals surface area contributed by atoms with Gasteiger partial charge in [-0.05, 0) is 48.5 Å². The first-order chi connectivity index (χ1) is 15.5. The second-order valence-electron chi connectivity index (χ2n) is 7.43. The van der Waals surface area contributed by atoms with Crippen molar-refractivity contribution < 1.29 is 23.8 Å². The standard InChI is InChI=1S/C26H19NO5/c1-27-15-17(21-13-18(30-2)9-11-22(21)27)12-24-25(28)20-10-8-19(14-23(20)32-24)31-26(29)16-6-4-3-5-7-16/h3-15H,1-2H3. The highest BCUT2D eigenvalue weighted by atomic mass is 16.5. The van der Waals surface area contributed by atoms with Crippen LogP contribution in [0, 0.1) is 0 Å². The lowest BCUT2D eigenvalue weighted by Gasteiger charge is -2.05. The van der Waals surface area contributed by atoms with Crippen LogP contribution in [0.15, 0.2) is 78.7 Å². The summed E-state index contributed by atoms with van der Waals surface area (Å²) in [5.41, 5.74) is 2.72. The van der Waals surface area contributed by atoms with Crippen molar-refractivity contribution >= 4 is 28.7 Å². The number of hydrogen-bond donors (Lipinski definition) is 0. The van der Waals surface area contributed by atoms with Gasteiger partial charge in [0.05, 0.1) is 18.2 Å². The predicted octanol–water partition coefficient (Wildman–Crippen LogP) is 5.02. The van der Waals surface area contributed by atoms with Gasteiger partial charge in [0.1, 0.15) is 17.2 Å². The lowest BCUT2D eigenvalue weighted by molar-refractivity contribution is 0.0734. The molecule has 0 aliphatic carbocycles. The first-order valence-corrected chi connectivity index (χ1v) is 10.0. The molecule has 4 aromatic rings. The molecule has 158 valence electrons. The Morgan fingerprint density at radius 1 is 1.00 bits per heavy atom. The number of esters is 1. The summed E-state index contributed by atoms with van der Waals surface area (Å²) in [6, 6.07) is 19.3. The zero-order valence-corrected chi connectivity index (χ0v) is 17.5. The lowest BCUT2D eigenvalue weighted by atomic mass is 10.1. The molecule has 0 radical (unpaired) electrons. The predicted molar refractivity (Wildman–Crippen MR) is 120 cm³/mol. The first-order valence-electron chi connectivity index (χ1n) is 10.0.